The first kappa shape index (κ1) is 23.2. The van der Waals surface area contributed by atoms with Crippen molar-refractivity contribution >= 4 is 0 Å². The standard InChI is InChI=1S/C24H47N2/c1-4-6-8-10-11-12-13-14-15-16-17-18-20-24-25(3)22-23-26(24)21-19-9-7-5-2/h22-23H,4-21H2,1-3H3/q+1. The van der Waals surface area contributed by atoms with Gasteiger partial charge in [0, 0.05) is 6.42 Å². The van der Waals surface area contributed by atoms with Crippen molar-refractivity contribution in [2.24, 2.45) is 7.05 Å². The highest BCUT2D eigenvalue weighted by molar-refractivity contribution is 4.84. The minimum Gasteiger partial charge on any atom is -0.237 e. The molecule has 0 fully saturated rings. The molecule has 2 nitrogen and oxygen atoms in total. The fourth-order valence-corrected chi connectivity index (χ4v) is 3.91. The molecule has 0 bridgehead atoms. The molecule has 0 spiro atoms. The Labute approximate surface area is 164 Å². The molecule has 2 heteroatoms. The van der Waals surface area contributed by atoms with Crippen LogP contribution in [0.1, 0.15) is 122 Å². The van der Waals surface area contributed by atoms with Crippen molar-refractivity contribution in [1.82, 2.24) is 4.57 Å². The Morgan fingerprint density at radius 1 is 0.654 bits per heavy atom. The summed E-state index contributed by atoms with van der Waals surface area (Å²) in [5.74, 6) is 1.52. The van der Waals surface area contributed by atoms with Crippen molar-refractivity contribution < 1.29 is 4.57 Å². The second-order valence-electron chi connectivity index (χ2n) is 8.22. The van der Waals surface area contributed by atoms with Gasteiger partial charge >= 0.3 is 0 Å². The molecule has 1 heterocycles. The Bertz CT molecular complexity index is 422. The molecule has 0 saturated heterocycles. The summed E-state index contributed by atoms with van der Waals surface area (Å²) in [4.78, 5) is 0. The molecule has 152 valence electrons. The monoisotopic (exact) mass is 363 g/mol. The summed E-state index contributed by atoms with van der Waals surface area (Å²) in [7, 11) is 2.21. The van der Waals surface area contributed by atoms with E-state index in [1.807, 2.05) is 0 Å². The molecule has 0 aliphatic rings. The van der Waals surface area contributed by atoms with Crippen LogP contribution >= 0.6 is 0 Å². The van der Waals surface area contributed by atoms with Crippen molar-refractivity contribution in [3.05, 3.63) is 18.2 Å². The van der Waals surface area contributed by atoms with E-state index < -0.39 is 0 Å². The van der Waals surface area contributed by atoms with Gasteiger partial charge in [0.2, 0.25) is 0 Å². The Hall–Kier alpha value is -0.790. The number of aromatic nitrogens is 2. The third-order valence-electron chi connectivity index (χ3n) is 5.72. The largest absolute Gasteiger partial charge is 0.256 e. The third kappa shape index (κ3) is 11.0. The zero-order chi connectivity index (χ0) is 18.9. The Morgan fingerprint density at radius 3 is 1.65 bits per heavy atom. The van der Waals surface area contributed by atoms with Gasteiger partial charge in [-0.1, -0.05) is 97.3 Å². The topological polar surface area (TPSA) is 8.81 Å². The second-order valence-corrected chi connectivity index (χ2v) is 8.22. The predicted octanol–water partition coefficient (Wildman–Crippen LogP) is 7.14. The first-order valence-electron chi connectivity index (χ1n) is 11.8. The summed E-state index contributed by atoms with van der Waals surface area (Å²) in [5, 5.41) is 0. The molecule has 1 rings (SSSR count). The number of hydrogen-bond acceptors (Lipinski definition) is 0. The van der Waals surface area contributed by atoms with Crippen LogP contribution in [0.25, 0.3) is 0 Å². The molecule has 0 saturated carbocycles. The average Bonchev–Trinajstić information content (AvgIpc) is 2.99. The molecule has 0 aliphatic carbocycles. The Kier molecular flexibility index (Phi) is 14.7. The van der Waals surface area contributed by atoms with E-state index in [2.05, 4.69) is 42.4 Å². The smallest absolute Gasteiger partial charge is 0.237 e. The van der Waals surface area contributed by atoms with Crippen molar-refractivity contribution in [2.75, 3.05) is 0 Å². The summed E-state index contributed by atoms with van der Waals surface area (Å²) in [5.41, 5.74) is 0. The van der Waals surface area contributed by atoms with Gasteiger partial charge in [-0.2, -0.15) is 0 Å². The molecule has 0 atom stereocenters. The van der Waals surface area contributed by atoms with E-state index in [1.165, 1.54) is 122 Å². The highest BCUT2D eigenvalue weighted by Crippen LogP contribution is 2.13. The van der Waals surface area contributed by atoms with Crippen LogP contribution in [-0.4, -0.2) is 4.57 Å². The van der Waals surface area contributed by atoms with Gasteiger partial charge < -0.3 is 0 Å². The van der Waals surface area contributed by atoms with Crippen molar-refractivity contribution in [3.8, 4) is 0 Å². The molecular formula is C24H47N2+. The van der Waals surface area contributed by atoms with Crippen LogP contribution in [-0.2, 0) is 20.0 Å². The van der Waals surface area contributed by atoms with Gasteiger partial charge in [0.15, 0.2) is 0 Å². The summed E-state index contributed by atoms with van der Waals surface area (Å²) in [6, 6.07) is 0. The molecule has 0 aliphatic heterocycles. The van der Waals surface area contributed by atoms with Gasteiger partial charge in [0.05, 0.1) is 13.6 Å². The number of unbranched alkanes of at least 4 members (excludes halogenated alkanes) is 14. The van der Waals surface area contributed by atoms with Crippen LogP contribution in [0.3, 0.4) is 0 Å². The highest BCUT2D eigenvalue weighted by atomic mass is 15.1. The lowest BCUT2D eigenvalue weighted by Crippen LogP contribution is -2.32. The van der Waals surface area contributed by atoms with Crippen LogP contribution in [0.4, 0.5) is 0 Å². The lowest BCUT2D eigenvalue weighted by molar-refractivity contribution is -0.678. The van der Waals surface area contributed by atoms with Crippen molar-refractivity contribution in [1.29, 1.82) is 0 Å². The summed E-state index contributed by atoms with van der Waals surface area (Å²) in [6.07, 6.45) is 28.3. The third-order valence-corrected chi connectivity index (χ3v) is 5.72. The van der Waals surface area contributed by atoms with Gasteiger partial charge in [-0.25, -0.2) is 9.13 Å². The van der Waals surface area contributed by atoms with Crippen LogP contribution < -0.4 is 4.57 Å². The summed E-state index contributed by atoms with van der Waals surface area (Å²) in [6.45, 7) is 5.79. The molecule has 0 aromatic carbocycles. The number of nitrogens with zero attached hydrogens (tertiary/aromatic N) is 2. The van der Waals surface area contributed by atoms with E-state index in [0.29, 0.717) is 0 Å². The highest BCUT2D eigenvalue weighted by Gasteiger charge is 2.13. The van der Waals surface area contributed by atoms with Crippen molar-refractivity contribution in [3.63, 3.8) is 0 Å². The zero-order valence-corrected chi connectivity index (χ0v) is 18.3. The first-order chi connectivity index (χ1) is 12.8. The Morgan fingerprint density at radius 2 is 1.12 bits per heavy atom. The predicted molar refractivity (Wildman–Crippen MR) is 115 cm³/mol. The maximum absolute atomic E-state index is 2.49. The van der Waals surface area contributed by atoms with Gasteiger partial charge in [0.25, 0.3) is 5.82 Å². The quantitative estimate of drug-likeness (QED) is 0.194. The number of hydrogen-bond donors (Lipinski definition) is 0. The van der Waals surface area contributed by atoms with E-state index in [4.69, 9.17) is 0 Å². The molecular weight excluding hydrogens is 316 g/mol. The van der Waals surface area contributed by atoms with Gasteiger partial charge in [0.1, 0.15) is 12.4 Å². The fourth-order valence-electron chi connectivity index (χ4n) is 3.91. The SMILES string of the molecule is CCCCCCCCCCCCCCc1n(CCCCCC)cc[n+]1C. The van der Waals surface area contributed by atoms with Crippen LogP contribution in [0, 0.1) is 0 Å². The fraction of sp³-hybridized carbons (Fsp3) is 0.875. The minimum absolute atomic E-state index is 1.20. The van der Waals surface area contributed by atoms with E-state index >= 15 is 0 Å². The lowest BCUT2D eigenvalue weighted by Gasteiger charge is -2.04. The average molecular weight is 364 g/mol. The maximum Gasteiger partial charge on any atom is 0.256 e. The maximum atomic E-state index is 2.49. The molecule has 1 aromatic heterocycles. The number of aryl methyl sites for hydroxylation is 2. The van der Waals surface area contributed by atoms with Crippen LogP contribution in [0.2, 0.25) is 0 Å². The molecule has 0 unspecified atom stereocenters. The molecule has 1 aromatic rings. The van der Waals surface area contributed by atoms with Gasteiger partial charge in [-0.15, -0.1) is 0 Å². The summed E-state index contributed by atoms with van der Waals surface area (Å²) < 4.78 is 4.83. The van der Waals surface area contributed by atoms with E-state index in [1.54, 1.807) is 0 Å². The lowest BCUT2D eigenvalue weighted by atomic mass is 10.0. The second kappa shape index (κ2) is 16.4. The number of rotatable bonds is 18. The van der Waals surface area contributed by atoms with E-state index in [0.717, 1.165) is 0 Å². The first-order valence-corrected chi connectivity index (χ1v) is 11.8. The van der Waals surface area contributed by atoms with E-state index in [9.17, 15) is 0 Å². The molecule has 0 N–H and O–H groups in total. The number of imidazole rings is 1. The van der Waals surface area contributed by atoms with Crippen LogP contribution in [0.15, 0.2) is 12.4 Å². The van der Waals surface area contributed by atoms with Crippen molar-refractivity contribution in [2.45, 2.75) is 130 Å². The van der Waals surface area contributed by atoms with Crippen LogP contribution in [0.5, 0.6) is 0 Å². The van der Waals surface area contributed by atoms with E-state index in [-0.39, 0.29) is 0 Å². The molecule has 26 heavy (non-hydrogen) atoms. The zero-order valence-electron chi connectivity index (χ0n) is 18.3. The minimum atomic E-state index is 1.20. The molecule has 0 amide bonds. The van der Waals surface area contributed by atoms with Gasteiger partial charge in [-0.05, 0) is 19.3 Å². The molecule has 0 radical (unpaired) electrons. The Balaban J connectivity index is 2.01. The summed E-state index contributed by atoms with van der Waals surface area (Å²) >= 11 is 0. The normalized spacial score (nSPS) is 11.3. The van der Waals surface area contributed by atoms with Gasteiger partial charge in [-0.3, -0.25) is 0 Å².